The first-order chi connectivity index (χ1) is 12.1. The van der Waals surface area contributed by atoms with Crippen molar-refractivity contribution < 1.29 is 19.1 Å². The van der Waals surface area contributed by atoms with Gasteiger partial charge in [-0.05, 0) is 54.1 Å². The molecule has 0 saturated heterocycles. The second-order valence-electron chi connectivity index (χ2n) is 5.87. The summed E-state index contributed by atoms with van der Waals surface area (Å²) in [7, 11) is 1.60. The Kier molecular flexibility index (Phi) is 5.34. The van der Waals surface area contributed by atoms with Gasteiger partial charge in [0.25, 0.3) is 0 Å². The number of benzene rings is 1. The molecule has 4 nitrogen and oxygen atoms in total. The van der Waals surface area contributed by atoms with Crippen LogP contribution < -0.4 is 4.74 Å². The number of ketones is 1. The fraction of sp³-hybridized carbons (Fsp3) is 0.300. The van der Waals surface area contributed by atoms with E-state index in [-0.39, 0.29) is 18.3 Å². The molecular formula is C20H20O4S. The molecule has 0 spiro atoms. The fourth-order valence-corrected chi connectivity index (χ4v) is 3.96. The maximum Gasteiger partial charge on any atom is 0.317 e. The van der Waals surface area contributed by atoms with Gasteiger partial charge >= 0.3 is 5.97 Å². The summed E-state index contributed by atoms with van der Waals surface area (Å²) in [6.45, 7) is 2.01. The predicted molar refractivity (Wildman–Crippen MR) is 97.8 cm³/mol. The second-order valence-corrected chi connectivity index (χ2v) is 6.81. The number of thiophene rings is 1. The predicted octanol–water partition coefficient (Wildman–Crippen LogP) is 4.08. The van der Waals surface area contributed by atoms with Crippen LogP contribution in [0, 0.1) is 5.92 Å². The van der Waals surface area contributed by atoms with E-state index in [1.807, 2.05) is 41.8 Å². The molecule has 1 aromatic heterocycles. The van der Waals surface area contributed by atoms with Gasteiger partial charge in [-0.3, -0.25) is 9.59 Å². The van der Waals surface area contributed by atoms with Crippen molar-refractivity contribution in [2.45, 2.75) is 19.3 Å². The van der Waals surface area contributed by atoms with Gasteiger partial charge in [0.1, 0.15) is 11.7 Å². The van der Waals surface area contributed by atoms with Gasteiger partial charge in [0, 0.05) is 10.8 Å². The Morgan fingerprint density at radius 3 is 2.80 bits per heavy atom. The van der Waals surface area contributed by atoms with Crippen molar-refractivity contribution in [2.24, 2.45) is 5.92 Å². The molecule has 0 bridgehead atoms. The molecule has 0 N–H and O–H groups in total. The fourth-order valence-electron chi connectivity index (χ4n) is 3.20. The lowest BCUT2D eigenvalue weighted by molar-refractivity contribution is -0.151. The molecule has 130 valence electrons. The summed E-state index contributed by atoms with van der Waals surface area (Å²) in [6, 6.07) is 11.5. The molecule has 0 amide bonds. The van der Waals surface area contributed by atoms with Crippen LogP contribution in [0.2, 0.25) is 0 Å². The number of carbonyl (C=O) groups is 2. The number of allylic oxidation sites excluding steroid dienone is 2. The average Bonchev–Trinajstić information content (AvgIpc) is 3.16. The molecule has 25 heavy (non-hydrogen) atoms. The van der Waals surface area contributed by atoms with Crippen LogP contribution in [0.15, 0.2) is 47.9 Å². The minimum Gasteiger partial charge on any atom is -0.497 e. The lowest BCUT2D eigenvalue weighted by Gasteiger charge is -2.29. The largest absolute Gasteiger partial charge is 0.497 e. The molecule has 0 unspecified atom stereocenters. The van der Waals surface area contributed by atoms with Gasteiger partial charge in [-0.25, -0.2) is 0 Å². The highest BCUT2D eigenvalue weighted by Gasteiger charge is 2.40. The lowest BCUT2D eigenvalue weighted by Crippen LogP contribution is -2.33. The first-order valence-electron chi connectivity index (χ1n) is 8.23. The molecule has 2 atom stereocenters. The van der Waals surface area contributed by atoms with Gasteiger partial charge in [0.05, 0.1) is 13.7 Å². The molecular weight excluding hydrogens is 336 g/mol. The molecule has 0 aliphatic heterocycles. The zero-order valence-electron chi connectivity index (χ0n) is 14.2. The van der Waals surface area contributed by atoms with Crippen molar-refractivity contribution in [3.63, 3.8) is 0 Å². The zero-order chi connectivity index (χ0) is 17.8. The van der Waals surface area contributed by atoms with Crippen molar-refractivity contribution >= 4 is 28.7 Å². The summed E-state index contributed by atoms with van der Waals surface area (Å²) >= 11 is 1.59. The number of ether oxygens (including phenoxy) is 2. The highest BCUT2D eigenvalue weighted by molar-refractivity contribution is 7.11. The van der Waals surface area contributed by atoms with Crippen molar-refractivity contribution in [2.75, 3.05) is 13.7 Å². The molecule has 1 heterocycles. The molecule has 5 heteroatoms. The summed E-state index contributed by atoms with van der Waals surface area (Å²) in [5.74, 6) is -1.01. The second kappa shape index (κ2) is 7.66. The summed E-state index contributed by atoms with van der Waals surface area (Å²) < 4.78 is 10.5. The SMILES string of the molecule is CCOC(=O)[C@@H]1C(=O)C=C(c2cccs2)C[C@@H]1c1cccc(OC)c1. The Balaban J connectivity index is 2.02. The van der Waals surface area contributed by atoms with E-state index in [2.05, 4.69) is 0 Å². The van der Waals surface area contributed by atoms with E-state index in [9.17, 15) is 9.59 Å². The van der Waals surface area contributed by atoms with E-state index in [0.717, 1.165) is 16.0 Å². The Bertz CT molecular complexity index is 792. The van der Waals surface area contributed by atoms with Crippen LogP contribution in [0.4, 0.5) is 0 Å². The molecule has 3 rings (SSSR count). The van der Waals surface area contributed by atoms with Crippen molar-refractivity contribution in [3.05, 3.63) is 58.3 Å². The van der Waals surface area contributed by atoms with Gasteiger partial charge in [-0.2, -0.15) is 0 Å². The number of hydrogen-bond donors (Lipinski definition) is 0. The van der Waals surface area contributed by atoms with Crippen molar-refractivity contribution in [3.8, 4) is 5.75 Å². The van der Waals surface area contributed by atoms with Crippen LogP contribution in [-0.2, 0) is 14.3 Å². The number of methoxy groups -OCH3 is 1. The van der Waals surface area contributed by atoms with Gasteiger partial charge in [-0.1, -0.05) is 18.2 Å². The Morgan fingerprint density at radius 1 is 1.28 bits per heavy atom. The number of esters is 1. The number of carbonyl (C=O) groups excluding carboxylic acids is 2. The topological polar surface area (TPSA) is 52.6 Å². The van der Waals surface area contributed by atoms with Gasteiger partial charge in [-0.15, -0.1) is 11.3 Å². The van der Waals surface area contributed by atoms with E-state index in [1.54, 1.807) is 31.4 Å². The zero-order valence-corrected chi connectivity index (χ0v) is 15.0. The molecule has 0 fully saturated rings. The van der Waals surface area contributed by atoms with Crippen molar-refractivity contribution in [1.29, 1.82) is 0 Å². The molecule has 1 aliphatic carbocycles. The van der Waals surface area contributed by atoms with Crippen LogP contribution in [0.3, 0.4) is 0 Å². The summed E-state index contributed by atoms with van der Waals surface area (Å²) in [4.78, 5) is 26.2. The van der Waals surface area contributed by atoms with Crippen LogP contribution >= 0.6 is 11.3 Å². The van der Waals surface area contributed by atoms with Crippen LogP contribution in [0.1, 0.15) is 29.7 Å². The third-order valence-corrected chi connectivity index (χ3v) is 5.31. The van der Waals surface area contributed by atoms with Crippen molar-refractivity contribution in [1.82, 2.24) is 0 Å². The Morgan fingerprint density at radius 2 is 2.12 bits per heavy atom. The van der Waals surface area contributed by atoms with Crippen LogP contribution in [0.5, 0.6) is 5.75 Å². The molecule has 0 radical (unpaired) electrons. The molecule has 0 saturated carbocycles. The summed E-state index contributed by atoms with van der Waals surface area (Å²) in [5.41, 5.74) is 1.88. The standard InChI is InChI=1S/C20H20O4S/c1-3-24-20(22)19-16(13-6-4-7-15(10-13)23-2)11-14(12-17(19)21)18-8-5-9-25-18/h4-10,12,16,19H,3,11H2,1-2H3/t16-,19+/m1/s1. The lowest BCUT2D eigenvalue weighted by atomic mass is 9.74. The van der Waals surface area contributed by atoms with E-state index < -0.39 is 11.9 Å². The number of hydrogen-bond acceptors (Lipinski definition) is 5. The Labute approximate surface area is 151 Å². The quantitative estimate of drug-likeness (QED) is 0.598. The van der Waals surface area contributed by atoms with Crippen LogP contribution in [-0.4, -0.2) is 25.5 Å². The van der Waals surface area contributed by atoms with Crippen LogP contribution in [0.25, 0.3) is 5.57 Å². The minimum atomic E-state index is -0.809. The smallest absolute Gasteiger partial charge is 0.317 e. The maximum absolute atomic E-state index is 12.8. The van der Waals surface area contributed by atoms with Gasteiger partial charge < -0.3 is 9.47 Å². The normalized spacial score (nSPS) is 20.1. The number of rotatable bonds is 5. The van der Waals surface area contributed by atoms with Gasteiger partial charge in [0.2, 0.25) is 0 Å². The first-order valence-corrected chi connectivity index (χ1v) is 9.11. The van der Waals surface area contributed by atoms with E-state index in [4.69, 9.17) is 9.47 Å². The third-order valence-electron chi connectivity index (χ3n) is 4.37. The van der Waals surface area contributed by atoms with E-state index in [0.29, 0.717) is 12.2 Å². The highest BCUT2D eigenvalue weighted by atomic mass is 32.1. The Hall–Kier alpha value is -2.40. The van der Waals surface area contributed by atoms with Gasteiger partial charge in [0.15, 0.2) is 5.78 Å². The molecule has 1 aliphatic rings. The highest BCUT2D eigenvalue weighted by Crippen LogP contribution is 2.41. The monoisotopic (exact) mass is 356 g/mol. The summed E-state index contributed by atoms with van der Waals surface area (Å²) in [6.07, 6.45) is 2.22. The first kappa shape index (κ1) is 17.4. The minimum absolute atomic E-state index is 0.194. The van der Waals surface area contributed by atoms with E-state index in [1.165, 1.54) is 0 Å². The average molecular weight is 356 g/mol. The molecule has 2 aromatic rings. The maximum atomic E-state index is 12.8. The van der Waals surface area contributed by atoms with E-state index >= 15 is 0 Å². The summed E-state index contributed by atoms with van der Waals surface area (Å²) in [5, 5.41) is 1.98. The molecule has 1 aromatic carbocycles. The third kappa shape index (κ3) is 3.66.